The molecule has 0 heterocycles. The van der Waals surface area contributed by atoms with Crippen LogP contribution in [0, 0.1) is 5.92 Å². The second kappa shape index (κ2) is 15.2. The van der Waals surface area contributed by atoms with Gasteiger partial charge in [0.25, 0.3) is 0 Å². The SMILES string of the molecule is CC(C)C(NC(=O)C(N)Cc1ccc(O)cc1)C(=O)NC(Cc1ccccc1)C(=O)NC(CCC(=O)O)C(=O)O. The highest BCUT2D eigenvalue weighted by molar-refractivity contribution is 5.94. The van der Waals surface area contributed by atoms with Crippen molar-refractivity contribution in [3.63, 3.8) is 0 Å². The highest BCUT2D eigenvalue weighted by Gasteiger charge is 2.32. The van der Waals surface area contributed by atoms with Gasteiger partial charge in [-0.05, 0) is 42.0 Å². The molecule has 4 atom stereocenters. The Morgan fingerprint density at radius 2 is 1.32 bits per heavy atom. The summed E-state index contributed by atoms with van der Waals surface area (Å²) < 4.78 is 0. The number of carbonyl (C=O) groups is 5. The zero-order valence-electron chi connectivity index (χ0n) is 22.4. The van der Waals surface area contributed by atoms with Crippen molar-refractivity contribution < 1.29 is 39.3 Å². The molecule has 0 saturated carbocycles. The normalized spacial score (nSPS) is 13.9. The Morgan fingerprint density at radius 3 is 1.88 bits per heavy atom. The third-order valence-electron chi connectivity index (χ3n) is 6.15. The molecular formula is C28H36N4O8. The zero-order chi connectivity index (χ0) is 29.8. The van der Waals surface area contributed by atoms with Crippen molar-refractivity contribution in [2.24, 2.45) is 11.7 Å². The highest BCUT2D eigenvalue weighted by atomic mass is 16.4. The van der Waals surface area contributed by atoms with E-state index in [-0.39, 0.29) is 25.0 Å². The molecule has 0 aliphatic carbocycles. The summed E-state index contributed by atoms with van der Waals surface area (Å²) in [5, 5.41) is 35.3. The number of phenols is 1. The number of hydrogen-bond acceptors (Lipinski definition) is 7. The number of benzene rings is 2. The number of carbonyl (C=O) groups excluding carboxylic acids is 3. The lowest BCUT2D eigenvalue weighted by Crippen LogP contribution is -2.59. The van der Waals surface area contributed by atoms with Crippen LogP contribution in [-0.2, 0) is 36.8 Å². The first kappa shape index (κ1) is 31.8. The minimum atomic E-state index is -1.47. The molecule has 4 unspecified atom stereocenters. The smallest absolute Gasteiger partial charge is 0.326 e. The van der Waals surface area contributed by atoms with Crippen LogP contribution in [0.15, 0.2) is 54.6 Å². The minimum Gasteiger partial charge on any atom is -0.508 e. The molecule has 12 heteroatoms. The molecule has 2 aromatic rings. The first-order valence-electron chi connectivity index (χ1n) is 12.8. The average Bonchev–Trinajstić information content (AvgIpc) is 2.90. The molecule has 0 saturated heterocycles. The van der Waals surface area contributed by atoms with E-state index in [4.69, 9.17) is 10.8 Å². The Kier molecular flexibility index (Phi) is 12.1. The van der Waals surface area contributed by atoms with Crippen LogP contribution < -0.4 is 21.7 Å². The van der Waals surface area contributed by atoms with Crippen molar-refractivity contribution in [2.45, 2.75) is 63.7 Å². The number of rotatable bonds is 15. The summed E-state index contributed by atoms with van der Waals surface area (Å²) in [7, 11) is 0. The van der Waals surface area contributed by atoms with E-state index >= 15 is 0 Å². The van der Waals surface area contributed by atoms with Crippen molar-refractivity contribution in [1.82, 2.24) is 16.0 Å². The number of carboxylic acid groups (broad SMARTS) is 2. The van der Waals surface area contributed by atoms with Gasteiger partial charge in [-0.25, -0.2) is 4.79 Å². The van der Waals surface area contributed by atoms with Gasteiger partial charge in [0.2, 0.25) is 17.7 Å². The second-order valence-electron chi connectivity index (χ2n) is 9.79. The minimum absolute atomic E-state index is 0.0167. The highest BCUT2D eigenvalue weighted by Crippen LogP contribution is 2.12. The molecule has 0 aliphatic rings. The van der Waals surface area contributed by atoms with Gasteiger partial charge in [-0.3, -0.25) is 19.2 Å². The van der Waals surface area contributed by atoms with Gasteiger partial charge < -0.3 is 37.0 Å². The van der Waals surface area contributed by atoms with Gasteiger partial charge in [0.15, 0.2) is 0 Å². The zero-order valence-corrected chi connectivity index (χ0v) is 22.4. The summed E-state index contributed by atoms with van der Waals surface area (Å²) in [6.45, 7) is 3.41. The van der Waals surface area contributed by atoms with Gasteiger partial charge in [0.1, 0.15) is 23.9 Å². The van der Waals surface area contributed by atoms with Gasteiger partial charge in [-0.15, -0.1) is 0 Å². The van der Waals surface area contributed by atoms with Crippen LogP contribution in [-0.4, -0.2) is 69.1 Å². The number of phenolic OH excluding ortho intramolecular Hbond substituents is 1. The summed E-state index contributed by atoms with van der Waals surface area (Å²) in [6, 6.07) is 10.2. The maximum atomic E-state index is 13.3. The van der Waals surface area contributed by atoms with E-state index < -0.39 is 66.2 Å². The van der Waals surface area contributed by atoms with Gasteiger partial charge in [0, 0.05) is 12.8 Å². The van der Waals surface area contributed by atoms with E-state index in [1.807, 2.05) is 0 Å². The molecule has 2 rings (SSSR count). The van der Waals surface area contributed by atoms with Crippen LogP contribution >= 0.6 is 0 Å². The van der Waals surface area contributed by atoms with E-state index in [0.29, 0.717) is 11.1 Å². The van der Waals surface area contributed by atoms with Crippen molar-refractivity contribution in [2.75, 3.05) is 0 Å². The molecule has 0 aromatic heterocycles. The summed E-state index contributed by atoms with van der Waals surface area (Å²) in [4.78, 5) is 61.8. The van der Waals surface area contributed by atoms with Crippen LogP contribution in [0.4, 0.5) is 0 Å². The number of nitrogens with two attached hydrogens (primary N) is 1. The third-order valence-corrected chi connectivity index (χ3v) is 6.15. The molecule has 2 aromatic carbocycles. The van der Waals surface area contributed by atoms with Crippen LogP contribution in [0.3, 0.4) is 0 Å². The lowest BCUT2D eigenvalue weighted by Gasteiger charge is -2.27. The quantitative estimate of drug-likeness (QED) is 0.163. The molecule has 0 bridgehead atoms. The van der Waals surface area contributed by atoms with Crippen molar-refractivity contribution in [1.29, 1.82) is 0 Å². The van der Waals surface area contributed by atoms with E-state index in [9.17, 15) is 34.2 Å². The number of aromatic hydroxyl groups is 1. The first-order chi connectivity index (χ1) is 18.9. The van der Waals surface area contributed by atoms with Gasteiger partial charge >= 0.3 is 11.9 Å². The Balaban J connectivity index is 2.17. The standard InChI is InChI=1S/C28H36N4O8/c1-16(2)24(32-25(36)20(29)14-18-8-10-19(33)11-9-18)27(38)31-22(15-17-6-4-3-5-7-17)26(37)30-21(28(39)40)12-13-23(34)35/h3-11,16,20-22,24,33H,12-15,29H2,1-2H3,(H,30,37)(H,31,38)(H,32,36)(H,34,35)(H,39,40). The lowest BCUT2D eigenvalue weighted by molar-refractivity contribution is -0.143. The fourth-order valence-corrected chi connectivity index (χ4v) is 3.89. The number of amides is 3. The van der Waals surface area contributed by atoms with Gasteiger partial charge in [-0.2, -0.15) is 0 Å². The Labute approximate surface area is 232 Å². The molecule has 8 N–H and O–H groups in total. The summed E-state index contributed by atoms with van der Waals surface area (Å²) in [5.74, 6) is -5.02. The molecule has 0 aliphatic heterocycles. The first-order valence-corrected chi connectivity index (χ1v) is 12.8. The Bertz CT molecular complexity index is 1170. The van der Waals surface area contributed by atoms with Crippen molar-refractivity contribution in [3.05, 3.63) is 65.7 Å². The van der Waals surface area contributed by atoms with Gasteiger partial charge in [0.05, 0.1) is 6.04 Å². The monoisotopic (exact) mass is 556 g/mol. The van der Waals surface area contributed by atoms with E-state index in [1.54, 1.807) is 56.3 Å². The van der Waals surface area contributed by atoms with Crippen molar-refractivity contribution in [3.8, 4) is 5.75 Å². The Morgan fingerprint density at radius 1 is 0.750 bits per heavy atom. The van der Waals surface area contributed by atoms with E-state index in [1.165, 1.54) is 12.1 Å². The largest absolute Gasteiger partial charge is 0.508 e. The number of aliphatic carboxylic acids is 2. The number of hydrogen-bond donors (Lipinski definition) is 7. The molecule has 12 nitrogen and oxygen atoms in total. The maximum Gasteiger partial charge on any atom is 0.326 e. The van der Waals surface area contributed by atoms with Crippen molar-refractivity contribution >= 4 is 29.7 Å². The molecular weight excluding hydrogens is 520 g/mol. The molecule has 216 valence electrons. The molecule has 0 spiro atoms. The summed E-state index contributed by atoms with van der Waals surface area (Å²) in [6.07, 6.45) is -0.641. The number of carboxylic acids is 2. The van der Waals surface area contributed by atoms with Crippen LogP contribution in [0.1, 0.15) is 37.8 Å². The summed E-state index contributed by atoms with van der Waals surface area (Å²) >= 11 is 0. The molecule has 40 heavy (non-hydrogen) atoms. The number of nitrogens with one attached hydrogen (secondary N) is 3. The van der Waals surface area contributed by atoms with Crippen LogP contribution in [0.5, 0.6) is 5.75 Å². The predicted molar refractivity (Wildman–Crippen MR) is 145 cm³/mol. The third kappa shape index (κ3) is 10.4. The fraction of sp³-hybridized carbons (Fsp3) is 0.393. The fourth-order valence-electron chi connectivity index (χ4n) is 3.89. The second-order valence-corrected chi connectivity index (χ2v) is 9.79. The average molecular weight is 557 g/mol. The van der Waals surface area contributed by atoms with Crippen LogP contribution in [0.2, 0.25) is 0 Å². The Hall–Kier alpha value is -4.45. The lowest BCUT2D eigenvalue weighted by atomic mass is 9.99. The molecule has 0 radical (unpaired) electrons. The molecule has 3 amide bonds. The predicted octanol–water partition coefficient (Wildman–Crippen LogP) is 0.565. The maximum absolute atomic E-state index is 13.3. The summed E-state index contributed by atoms with van der Waals surface area (Å²) in [5.41, 5.74) is 7.44. The van der Waals surface area contributed by atoms with Crippen LogP contribution in [0.25, 0.3) is 0 Å². The topological polar surface area (TPSA) is 208 Å². The van der Waals surface area contributed by atoms with E-state index in [0.717, 1.165) is 0 Å². The van der Waals surface area contributed by atoms with Gasteiger partial charge in [-0.1, -0.05) is 56.3 Å². The molecule has 0 fully saturated rings. The van der Waals surface area contributed by atoms with E-state index in [2.05, 4.69) is 16.0 Å².